The van der Waals surface area contributed by atoms with E-state index in [4.69, 9.17) is 0 Å². The zero-order chi connectivity index (χ0) is 15.9. The van der Waals surface area contributed by atoms with E-state index in [1.54, 1.807) is 6.08 Å². The van der Waals surface area contributed by atoms with Gasteiger partial charge in [0.05, 0.1) is 5.75 Å². The van der Waals surface area contributed by atoms with Crippen LogP contribution in [-0.4, -0.2) is 25.6 Å². The topological polar surface area (TPSA) is 63.2 Å². The Hall–Kier alpha value is -0.840. The fourth-order valence-electron chi connectivity index (χ4n) is 4.47. The van der Waals surface area contributed by atoms with E-state index in [1.807, 2.05) is 0 Å². The fraction of sp³-hybridized carbons (Fsp3) is 0.812. The number of hydrogen-bond acceptors (Lipinski definition) is 3. The maximum Gasteiger partial charge on any atom is 0.221 e. The van der Waals surface area contributed by atoms with Crippen molar-refractivity contribution in [3.63, 3.8) is 0 Å². The normalized spacial score (nSPS) is 37.3. The molecule has 1 aliphatic carbocycles. The van der Waals surface area contributed by atoms with Crippen molar-refractivity contribution >= 4 is 15.7 Å². The highest BCUT2D eigenvalue weighted by atomic mass is 32.2. The van der Waals surface area contributed by atoms with Crippen LogP contribution in [0.2, 0.25) is 0 Å². The molecule has 2 rings (SSSR count). The highest BCUT2D eigenvalue weighted by molar-refractivity contribution is 7.94. The van der Waals surface area contributed by atoms with Crippen LogP contribution in [0.4, 0.5) is 0 Å². The van der Waals surface area contributed by atoms with Crippen LogP contribution in [0.25, 0.3) is 0 Å². The summed E-state index contributed by atoms with van der Waals surface area (Å²) in [4.78, 5) is 12.3. The number of sulfone groups is 1. The van der Waals surface area contributed by atoms with E-state index in [0.717, 1.165) is 12.8 Å². The highest BCUT2D eigenvalue weighted by Gasteiger charge is 2.40. The van der Waals surface area contributed by atoms with Gasteiger partial charge in [-0.1, -0.05) is 26.8 Å². The Bertz CT molecular complexity index is 550. The molecule has 1 fully saturated rings. The van der Waals surface area contributed by atoms with E-state index < -0.39 is 9.84 Å². The number of rotatable bonds is 3. The van der Waals surface area contributed by atoms with Gasteiger partial charge in [0.25, 0.3) is 0 Å². The summed E-state index contributed by atoms with van der Waals surface area (Å²) in [6.07, 6.45) is 5.04. The van der Waals surface area contributed by atoms with Gasteiger partial charge >= 0.3 is 0 Å². The Morgan fingerprint density at radius 3 is 2.48 bits per heavy atom. The molecule has 21 heavy (non-hydrogen) atoms. The quantitative estimate of drug-likeness (QED) is 0.871. The largest absolute Gasteiger partial charge is 0.351 e. The average Bonchev–Trinajstić information content (AvgIpc) is 2.52. The lowest BCUT2D eigenvalue weighted by atomic mass is 9.65. The predicted molar refractivity (Wildman–Crippen MR) is 84.4 cm³/mol. The summed E-state index contributed by atoms with van der Waals surface area (Å²) in [5.41, 5.74) is 0.0513. The van der Waals surface area contributed by atoms with Crippen LogP contribution in [-0.2, 0) is 14.6 Å². The Kier molecular flexibility index (Phi) is 4.26. The molecule has 4 nitrogen and oxygen atoms in total. The molecule has 120 valence electrons. The average molecular weight is 313 g/mol. The van der Waals surface area contributed by atoms with Crippen molar-refractivity contribution in [3.8, 4) is 0 Å². The standard InChI is InChI=1S/C16H27NO3S/c1-12-8-15(2,3)11-16(4,9-12)17-14(18)7-13-5-6-21(19,20)10-13/h5-6,12-13H,7-11H2,1-4H3,(H,17,18)/t12-,13?,16-/m1/s1. The van der Waals surface area contributed by atoms with Gasteiger partial charge in [0.15, 0.2) is 9.84 Å². The van der Waals surface area contributed by atoms with Crippen molar-refractivity contribution in [1.82, 2.24) is 5.32 Å². The third-order valence-electron chi connectivity index (χ3n) is 4.46. The molecular formula is C16H27NO3S. The summed E-state index contributed by atoms with van der Waals surface area (Å²) >= 11 is 0. The summed E-state index contributed by atoms with van der Waals surface area (Å²) in [7, 11) is -3.08. The lowest BCUT2D eigenvalue weighted by Gasteiger charge is -2.46. The molecule has 1 saturated carbocycles. The van der Waals surface area contributed by atoms with Crippen LogP contribution < -0.4 is 5.32 Å². The maximum atomic E-state index is 12.3. The first-order valence-corrected chi connectivity index (χ1v) is 9.42. The van der Waals surface area contributed by atoms with Gasteiger partial charge in [-0.2, -0.15) is 0 Å². The van der Waals surface area contributed by atoms with Crippen molar-refractivity contribution in [3.05, 3.63) is 11.5 Å². The van der Waals surface area contributed by atoms with E-state index in [-0.39, 0.29) is 35.0 Å². The molecule has 2 aliphatic rings. The molecule has 0 spiro atoms. The van der Waals surface area contributed by atoms with Gasteiger partial charge in [0.1, 0.15) is 0 Å². The molecule has 5 heteroatoms. The second kappa shape index (κ2) is 5.41. The van der Waals surface area contributed by atoms with Crippen molar-refractivity contribution in [1.29, 1.82) is 0 Å². The lowest BCUT2D eigenvalue weighted by molar-refractivity contribution is -0.124. The van der Waals surface area contributed by atoms with Crippen LogP contribution in [0, 0.1) is 17.3 Å². The summed E-state index contributed by atoms with van der Waals surface area (Å²) in [5.74, 6) is 0.450. The van der Waals surface area contributed by atoms with Gasteiger partial charge in [-0.3, -0.25) is 4.79 Å². The summed E-state index contributed by atoms with van der Waals surface area (Å²) in [6, 6.07) is 0. The van der Waals surface area contributed by atoms with E-state index in [1.165, 1.54) is 11.8 Å². The summed E-state index contributed by atoms with van der Waals surface area (Å²) in [5, 5.41) is 4.40. The van der Waals surface area contributed by atoms with E-state index in [9.17, 15) is 13.2 Å². The summed E-state index contributed by atoms with van der Waals surface area (Å²) < 4.78 is 22.8. The SMILES string of the molecule is C[C@@H]1CC(C)(C)C[C@](C)(NC(=O)CC2C=CS(=O)(=O)C2)C1. The molecule has 0 aromatic heterocycles. The van der Waals surface area contributed by atoms with Gasteiger partial charge < -0.3 is 5.32 Å². The molecule has 0 saturated heterocycles. The third-order valence-corrected chi connectivity index (χ3v) is 5.93. The molecule has 0 aromatic carbocycles. The number of allylic oxidation sites excluding steroid dienone is 1. The number of carbonyl (C=O) groups excluding carboxylic acids is 1. The van der Waals surface area contributed by atoms with Crippen LogP contribution >= 0.6 is 0 Å². The molecule has 1 heterocycles. The van der Waals surface area contributed by atoms with E-state index in [2.05, 4.69) is 33.0 Å². The molecule has 0 radical (unpaired) electrons. The number of hydrogen-bond donors (Lipinski definition) is 1. The monoisotopic (exact) mass is 313 g/mol. The molecule has 1 N–H and O–H groups in total. The van der Waals surface area contributed by atoms with Crippen LogP contribution in [0.3, 0.4) is 0 Å². The predicted octanol–water partition coefficient (Wildman–Crippen LogP) is 2.66. The second-order valence-corrected chi connectivity index (χ2v) is 10.0. The van der Waals surface area contributed by atoms with Gasteiger partial charge in [-0.25, -0.2) is 8.42 Å². The third kappa shape index (κ3) is 4.56. The van der Waals surface area contributed by atoms with Crippen molar-refractivity contribution < 1.29 is 13.2 Å². The van der Waals surface area contributed by atoms with E-state index in [0.29, 0.717) is 5.92 Å². The molecular weight excluding hydrogens is 286 g/mol. The first-order chi connectivity index (χ1) is 9.49. The molecule has 1 aliphatic heterocycles. The minimum atomic E-state index is -3.08. The Morgan fingerprint density at radius 1 is 1.29 bits per heavy atom. The summed E-state index contributed by atoms with van der Waals surface area (Å²) in [6.45, 7) is 8.85. The highest BCUT2D eigenvalue weighted by Crippen LogP contribution is 2.43. The van der Waals surface area contributed by atoms with Crippen molar-refractivity contribution in [2.45, 2.75) is 58.9 Å². The number of carbonyl (C=O) groups is 1. The lowest BCUT2D eigenvalue weighted by Crippen LogP contribution is -2.52. The van der Waals surface area contributed by atoms with Crippen LogP contribution in [0.1, 0.15) is 53.4 Å². The number of amides is 1. The Morgan fingerprint density at radius 2 is 1.95 bits per heavy atom. The van der Waals surface area contributed by atoms with Crippen molar-refractivity contribution in [2.75, 3.05) is 5.75 Å². The van der Waals surface area contributed by atoms with Gasteiger partial charge in [-0.05, 0) is 37.5 Å². The van der Waals surface area contributed by atoms with Gasteiger partial charge in [-0.15, -0.1) is 0 Å². The van der Waals surface area contributed by atoms with Gasteiger partial charge in [0.2, 0.25) is 5.91 Å². The zero-order valence-corrected chi connectivity index (χ0v) is 14.3. The van der Waals surface area contributed by atoms with Gasteiger partial charge in [0, 0.05) is 23.3 Å². The minimum absolute atomic E-state index is 0.0332. The van der Waals surface area contributed by atoms with E-state index >= 15 is 0 Å². The maximum absolute atomic E-state index is 12.3. The molecule has 0 aromatic rings. The number of nitrogens with one attached hydrogen (secondary N) is 1. The molecule has 3 atom stereocenters. The van der Waals surface area contributed by atoms with Crippen molar-refractivity contribution in [2.24, 2.45) is 17.3 Å². The molecule has 0 bridgehead atoms. The fourth-order valence-corrected chi connectivity index (χ4v) is 5.87. The zero-order valence-electron chi connectivity index (χ0n) is 13.5. The molecule has 1 unspecified atom stereocenters. The molecule has 1 amide bonds. The first-order valence-electron chi connectivity index (χ1n) is 7.71. The second-order valence-electron chi connectivity index (χ2n) is 8.09. The Labute approximate surface area is 128 Å². The minimum Gasteiger partial charge on any atom is -0.351 e. The van der Waals surface area contributed by atoms with Crippen LogP contribution in [0.15, 0.2) is 11.5 Å². The smallest absolute Gasteiger partial charge is 0.221 e. The first kappa shape index (κ1) is 16.5. The Balaban J connectivity index is 1.94. The van der Waals surface area contributed by atoms with Crippen LogP contribution in [0.5, 0.6) is 0 Å².